The van der Waals surface area contributed by atoms with Gasteiger partial charge in [0, 0.05) is 33.1 Å². The van der Waals surface area contributed by atoms with Gasteiger partial charge in [-0.15, -0.1) is 24.0 Å². The van der Waals surface area contributed by atoms with Gasteiger partial charge in [0.15, 0.2) is 5.96 Å². The number of halogens is 1. The van der Waals surface area contributed by atoms with Crippen molar-refractivity contribution in [3.63, 3.8) is 0 Å². The number of hydrogen-bond donors (Lipinski definition) is 2. The van der Waals surface area contributed by atoms with Crippen LogP contribution in [-0.2, 0) is 4.79 Å². The normalized spacial score (nSPS) is 15.5. The molecule has 0 bridgehead atoms. The van der Waals surface area contributed by atoms with Gasteiger partial charge in [-0.3, -0.25) is 9.79 Å². The molecule has 0 saturated heterocycles. The van der Waals surface area contributed by atoms with Gasteiger partial charge in [0.2, 0.25) is 5.91 Å². The van der Waals surface area contributed by atoms with E-state index >= 15 is 0 Å². The fourth-order valence-corrected chi connectivity index (χ4v) is 3.05. The molecule has 2 N–H and O–H groups in total. The molecule has 1 saturated carbocycles. The van der Waals surface area contributed by atoms with E-state index in [4.69, 9.17) is 0 Å². The molecule has 6 heteroatoms. The molecule has 0 aromatic rings. The third-order valence-corrected chi connectivity index (χ3v) is 4.44. The van der Waals surface area contributed by atoms with Crippen LogP contribution in [0.4, 0.5) is 0 Å². The van der Waals surface area contributed by atoms with Gasteiger partial charge >= 0.3 is 0 Å². The second kappa shape index (κ2) is 14.8. The van der Waals surface area contributed by atoms with Crippen LogP contribution in [0.5, 0.6) is 0 Å². The molecule has 0 atom stereocenters. The Balaban J connectivity index is 0.00000529. The average molecular weight is 452 g/mol. The number of guanidine groups is 1. The predicted molar refractivity (Wildman–Crippen MR) is 113 cm³/mol. The van der Waals surface area contributed by atoms with E-state index in [0.29, 0.717) is 25.4 Å². The lowest BCUT2D eigenvalue weighted by molar-refractivity contribution is -0.122. The molecule has 0 aliphatic heterocycles. The highest BCUT2D eigenvalue weighted by Crippen LogP contribution is 2.25. The summed E-state index contributed by atoms with van der Waals surface area (Å²) in [6, 6.07) is 0. The van der Waals surface area contributed by atoms with Crippen molar-refractivity contribution in [3.8, 4) is 0 Å². The first-order valence-corrected chi connectivity index (χ1v) is 9.43. The smallest absolute Gasteiger partial charge is 0.220 e. The Hall–Kier alpha value is -0.530. The van der Waals surface area contributed by atoms with Crippen LogP contribution in [-0.4, -0.2) is 50.0 Å². The molecule has 24 heavy (non-hydrogen) atoms. The lowest BCUT2D eigenvalue weighted by Gasteiger charge is -2.22. The van der Waals surface area contributed by atoms with Crippen LogP contribution in [0.15, 0.2) is 4.99 Å². The molecule has 1 aliphatic rings. The zero-order chi connectivity index (χ0) is 16.9. The quantitative estimate of drug-likeness (QED) is 0.244. The van der Waals surface area contributed by atoms with Gasteiger partial charge in [-0.1, -0.05) is 32.6 Å². The van der Waals surface area contributed by atoms with Gasteiger partial charge in [0.05, 0.1) is 6.54 Å². The van der Waals surface area contributed by atoms with Gasteiger partial charge < -0.3 is 15.5 Å². The highest BCUT2D eigenvalue weighted by molar-refractivity contribution is 14.0. The fourth-order valence-electron chi connectivity index (χ4n) is 3.05. The third kappa shape index (κ3) is 10.4. The fraction of sp³-hybridized carbons (Fsp3) is 0.889. The monoisotopic (exact) mass is 452 g/mol. The molecule has 0 aromatic heterocycles. The maximum atomic E-state index is 12.0. The molecule has 1 aliphatic carbocycles. The summed E-state index contributed by atoms with van der Waals surface area (Å²) in [5.41, 5.74) is 0. The maximum Gasteiger partial charge on any atom is 0.220 e. The number of aliphatic imine (C=N–C) groups is 1. The van der Waals surface area contributed by atoms with E-state index in [1.54, 1.807) is 0 Å². The Morgan fingerprint density at radius 3 is 2.50 bits per heavy atom. The molecule has 142 valence electrons. The molecule has 0 radical (unpaired) electrons. The maximum absolute atomic E-state index is 12.0. The summed E-state index contributed by atoms with van der Waals surface area (Å²) in [6.45, 7) is 7.41. The molecule has 0 aromatic carbocycles. The summed E-state index contributed by atoms with van der Waals surface area (Å²) < 4.78 is 0. The Morgan fingerprint density at radius 1 is 1.17 bits per heavy atom. The SMILES string of the molecule is CCCCN(C)C(=NCCNC(=O)CC1CCCCC1)NCC.I. The van der Waals surface area contributed by atoms with Gasteiger partial charge in [0.25, 0.3) is 0 Å². The van der Waals surface area contributed by atoms with Crippen molar-refractivity contribution in [2.45, 2.75) is 65.2 Å². The number of amides is 1. The molecule has 5 nitrogen and oxygen atoms in total. The number of nitrogens with zero attached hydrogens (tertiary/aromatic N) is 2. The summed E-state index contributed by atoms with van der Waals surface area (Å²) >= 11 is 0. The van der Waals surface area contributed by atoms with E-state index in [1.807, 2.05) is 0 Å². The first-order chi connectivity index (χ1) is 11.2. The summed E-state index contributed by atoms with van der Waals surface area (Å²) in [7, 11) is 2.07. The third-order valence-electron chi connectivity index (χ3n) is 4.44. The van der Waals surface area contributed by atoms with Gasteiger partial charge in [0.1, 0.15) is 0 Å². The van der Waals surface area contributed by atoms with E-state index in [9.17, 15) is 4.79 Å². The minimum atomic E-state index is 0. The van der Waals surface area contributed by atoms with Crippen LogP contribution in [0.1, 0.15) is 65.2 Å². The zero-order valence-corrected chi connectivity index (χ0v) is 18.1. The molecule has 1 amide bonds. The number of carbonyl (C=O) groups excluding carboxylic acids is 1. The first kappa shape index (κ1) is 23.5. The van der Waals surface area contributed by atoms with Crippen molar-refractivity contribution in [2.75, 3.05) is 33.2 Å². The Labute approximate surface area is 165 Å². The van der Waals surface area contributed by atoms with Gasteiger partial charge in [-0.25, -0.2) is 0 Å². The number of unbranched alkanes of at least 4 members (excludes halogenated alkanes) is 1. The van der Waals surface area contributed by atoms with E-state index in [-0.39, 0.29) is 29.9 Å². The number of nitrogens with one attached hydrogen (secondary N) is 2. The van der Waals surface area contributed by atoms with E-state index < -0.39 is 0 Å². The van der Waals surface area contributed by atoms with Crippen LogP contribution in [0.25, 0.3) is 0 Å². The Kier molecular flexibility index (Phi) is 14.5. The topological polar surface area (TPSA) is 56.7 Å². The molecular formula is C18H37IN4O. The molecule has 0 heterocycles. The van der Waals surface area contributed by atoms with Crippen molar-refractivity contribution in [3.05, 3.63) is 0 Å². The van der Waals surface area contributed by atoms with Gasteiger partial charge in [-0.05, 0) is 32.1 Å². The van der Waals surface area contributed by atoms with Crippen molar-refractivity contribution in [1.29, 1.82) is 0 Å². The second-order valence-electron chi connectivity index (χ2n) is 6.57. The lowest BCUT2D eigenvalue weighted by Crippen LogP contribution is -2.40. The minimum Gasteiger partial charge on any atom is -0.357 e. The van der Waals surface area contributed by atoms with Crippen LogP contribution in [0, 0.1) is 5.92 Å². The average Bonchev–Trinajstić information content (AvgIpc) is 2.56. The predicted octanol–water partition coefficient (Wildman–Crippen LogP) is 3.39. The number of hydrogen-bond acceptors (Lipinski definition) is 2. The van der Waals surface area contributed by atoms with Crippen LogP contribution in [0.2, 0.25) is 0 Å². The first-order valence-electron chi connectivity index (χ1n) is 9.43. The Morgan fingerprint density at radius 2 is 1.88 bits per heavy atom. The molecule has 1 fully saturated rings. The summed E-state index contributed by atoms with van der Waals surface area (Å²) in [4.78, 5) is 18.7. The van der Waals surface area contributed by atoms with Crippen LogP contribution in [0.3, 0.4) is 0 Å². The van der Waals surface area contributed by atoms with E-state index in [1.165, 1.54) is 44.9 Å². The second-order valence-corrected chi connectivity index (χ2v) is 6.57. The van der Waals surface area contributed by atoms with Gasteiger partial charge in [-0.2, -0.15) is 0 Å². The highest BCUT2D eigenvalue weighted by atomic mass is 127. The largest absolute Gasteiger partial charge is 0.357 e. The zero-order valence-electron chi connectivity index (χ0n) is 15.8. The number of carbonyl (C=O) groups is 1. The van der Waals surface area contributed by atoms with Crippen molar-refractivity contribution in [1.82, 2.24) is 15.5 Å². The van der Waals surface area contributed by atoms with Crippen molar-refractivity contribution >= 4 is 35.8 Å². The lowest BCUT2D eigenvalue weighted by atomic mass is 9.87. The molecule has 0 spiro atoms. The number of rotatable bonds is 9. The standard InChI is InChI=1S/C18H36N4O.HI/c1-4-6-14-22(3)18(19-5-2)21-13-12-20-17(23)15-16-10-8-7-9-11-16;/h16H,4-15H2,1-3H3,(H,19,21)(H,20,23);1H. The summed E-state index contributed by atoms with van der Waals surface area (Å²) in [6.07, 6.45) is 9.40. The molecular weight excluding hydrogens is 415 g/mol. The van der Waals surface area contributed by atoms with Crippen molar-refractivity contribution in [2.24, 2.45) is 10.9 Å². The Bertz CT molecular complexity index is 357. The van der Waals surface area contributed by atoms with Crippen LogP contribution < -0.4 is 10.6 Å². The van der Waals surface area contributed by atoms with E-state index in [2.05, 4.69) is 41.4 Å². The van der Waals surface area contributed by atoms with Crippen LogP contribution >= 0.6 is 24.0 Å². The highest BCUT2D eigenvalue weighted by Gasteiger charge is 2.16. The van der Waals surface area contributed by atoms with Crippen molar-refractivity contribution < 1.29 is 4.79 Å². The summed E-state index contributed by atoms with van der Waals surface area (Å²) in [5.74, 6) is 1.73. The van der Waals surface area contributed by atoms with E-state index in [0.717, 1.165) is 19.0 Å². The molecule has 1 rings (SSSR count). The summed E-state index contributed by atoms with van der Waals surface area (Å²) in [5, 5.41) is 6.33. The minimum absolute atomic E-state index is 0. The molecule has 0 unspecified atom stereocenters.